The van der Waals surface area contributed by atoms with Crippen molar-refractivity contribution in [2.45, 2.75) is 13.0 Å². The second kappa shape index (κ2) is 4.70. The van der Waals surface area contributed by atoms with Gasteiger partial charge in [-0.15, -0.1) is 11.3 Å². The first kappa shape index (κ1) is 11.7. The van der Waals surface area contributed by atoms with E-state index in [9.17, 15) is 4.79 Å². The average Bonchev–Trinajstić information content (AvgIpc) is 2.96. The third kappa shape index (κ3) is 1.91. The minimum atomic E-state index is 0.0999. The van der Waals surface area contributed by atoms with Gasteiger partial charge in [0.1, 0.15) is 0 Å². The molecule has 1 unspecified atom stereocenters. The molecular formula is C12H16N4OS. The zero-order valence-electron chi connectivity index (χ0n) is 10.3. The van der Waals surface area contributed by atoms with Crippen LogP contribution < -0.4 is 10.2 Å². The Morgan fingerprint density at radius 3 is 3.28 bits per heavy atom. The van der Waals surface area contributed by atoms with E-state index < -0.39 is 0 Å². The van der Waals surface area contributed by atoms with Crippen LogP contribution in [0.5, 0.6) is 0 Å². The second-order valence-electron chi connectivity index (χ2n) is 4.50. The number of carbonyl (C=O) groups excluding carboxylic acids is 1. The van der Waals surface area contributed by atoms with E-state index in [1.165, 1.54) is 11.3 Å². The molecule has 96 valence electrons. The number of fused-ring (bicyclic) bond motifs is 1. The summed E-state index contributed by atoms with van der Waals surface area (Å²) in [5, 5.41) is 6.12. The molecule has 0 radical (unpaired) electrons. The summed E-state index contributed by atoms with van der Waals surface area (Å²) in [5.74, 6) is 0. The lowest BCUT2D eigenvalue weighted by Crippen LogP contribution is -2.49. The highest BCUT2D eigenvalue weighted by molar-refractivity contribution is 7.14. The Labute approximate surface area is 110 Å². The van der Waals surface area contributed by atoms with Crippen molar-refractivity contribution in [3.63, 3.8) is 0 Å². The number of aromatic nitrogens is 1. The van der Waals surface area contributed by atoms with Gasteiger partial charge in [-0.25, -0.2) is 9.78 Å². The van der Waals surface area contributed by atoms with Gasteiger partial charge in [0.05, 0.1) is 18.3 Å². The van der Waals surface area contributed by atoms with Gasteiger partial charge in [-0.1, -0.05) is 6.08 Å². The van der Waals surface area contributed by atoms with Crippen molar-refractivity contribution in [2.24, 2.45) is 0 Å². The van der Waals surface area contributed by atoms with Crippen LogP contribution in [0.25, 0.3) is 6.08 Å². The number of nitrogens with one attached hydrogen (secondary N) is 1. The molecule has 0 aromatic carbocycles. The molecule has 1 aromatic heterocycles. The number of thiazole rings is 1. The molecule has 2 aliphatic rings. The third-order valence-electron chi connectivity index (χ3n) is 3.30. The van der Waals surface area contributed by atoms with E-state index in [0.29, 0.717) is 6.04 Å². The first-order chi connectivity index (χ1) is 8.79. The van der Waals surface area contributed by atoms with Gasteiger partial charge in [0.15, 0.2) is 5.13 Å². The van der Waals surface area contributed by atoms with E-state index in [-0.39, 0.29) is 6.03 Å². The minimum Gasteiger partial charge on any atom is -0.317 e. The second-order valence-corrected chi connectivity index (χ2v) is 5.34. The number of urea groups is 1. The number of rotatable bonds is 2. The number of piperazine rings is 1. The number of anilines is 1. The highest BCUT2D eigenvalue weighted by Gasteiger charge is 2.40. The Morgan fingerprint density at radius 1 is 1.61 bits per heavy atom. The molecular weight excluding hydrogens is 248 g/mol. The molecule has 2 saturated heterocycles. The Hall–Kier alpha value is -1.40. The summed E-state index contributed by atoms with van der Waals surface area (Å²) in [4.78, 5) is 20.5. The van der Waals surface area contributed by atoms with Gasteiger partial charge in [-0.3, -0.25) is 4.90 Å². The Morgan fingerprint density at radius 2 is 2.50 bits per heavy atom. The van der Waals surface area contributed by atoms with Crippen LogP contribution in [0.1, 0.15) is 12.6 Å². The van der Waals surface area contributed by atoms with Crippen LogP contribution in [0.3, 0.4) is 0 Å². The zero-order chi connectivity index (χ0) is 12.5. The molecule has 2 amide bonds. The number of amides is 2. The van der Waals surface area contributed by atoms with E-state index >= 15 is 0 Å². The topological polar surface area (TPSA) is 48.5 Å². The van der Waals surface area contributed by atoms with Crippen molar-refractivity contribution in [3.8, 4) is 0 Å². The van der Waals surface area contributed by atoms with E-state index in [1.54, 1.807) is 4.90 Å². The van der Waals surface area contributed by atoms with Gasteiger partial charge in [0, 0.05) is 25.0 Å². The Balaban J connectivity index is 1.81. The van der Waals surface area contributed by atoms with Crippen molar-refractivity contribution in [1.82, 2.24) is 15.2 Å². The van der Waals surface area contributed by atoms with Crippen LogP contribution in [0.4, 0.5) is 9.93 Å². The summed E-state index contributed by atoms with van der Waals surface area (Å²) >= 11 is 1.53. The zero-order valence-corrected chi connectivity index (χ0v) is 11.1. The summed E-state index contributed by atoms with van der Waals surface area (Å²) in [5.41, 5.74) is 0.924. The normalized spacial score (nSPS) is 24.1. The fourth-order valence-corrected chi connectivity index (χ4v) is 3.22. The van der Waals surface area contributed by atoms with Gasteiger partial charge in [0.2, 0.25) is 0 Å². The molecule has 5 nitrogen and oxygen atoms in total. The molecule has 6 heteroatoms. The lowest BCUT2D eigenvalue weighted by molar-refractivity contribution is 0.193. The highest BCUT2D eigenvalue weighted by Crippen LogP contribution is 2.27. The number of allylic oxidation sites excluding steroid dienone is 1. The summed E-state index contributed by atoms with van der Waals surface area (Å²) in [6.07, 6.45) is 3.91. The van der Waals surface area contributed by atoms with Gasteiger partial charge < -0.3 is 10.2 Å². The fourth-order valence-electron chi connectivity index (χ4n) is 2.43. The van der Waals surface area contributed by atoms with Crippen LogP contribution in [0.15, 0.2) is 11.5 Å². The SMILES string of the molecule is C/C=C/c1csc(N2CC3CNCCN3C2=O)n1. The lowest BCUT2D eigenvalue weighted by Gasteiger charge is -2.28. The number of hydrogen-bond donors (Lipinski definition) is 1. The summed E-state index contributed by atoms with van der Waals surface area (Å²) in [6.45, 7) is 5.28. The fraction of sp³-hybridized carbons (Fsp3) is 0.500. The number of hydrogen-bond acceptors (Lipinski definition) is 4. The van der Waals surface area contributed by atoms with Gasteiger partial charge >= 0.3 is 6.03 Å². The quantitative estimate of drug-likeness (QED) is 0.878. The van der Waals surface area contributed by atoms with Gasteiger partial charge in [0.25, 0.3) is 0 Å². The first-order valence-electron chi connectivity index (χ1n) is 6.16. The molecule has 3 heterocycles. The maximum absolute atomic E-state index is 12.3. The van der Waals surface area contributed by atoms with E-state index in [2.05, 4.69) is 10.3 Å². The number of carbonyl (C=O) groups is 1. The smallest absolute Gasteiger partial charge is 0.317 e. The molecule has 0 spiro atoms. The molecule has 18 heavy (non-hydrogen) atoms. The molecule has 0 bridgehead atoms. The molecule has 3 rings (SSSR count). The van der Waals surface area contributed by atoms with Crippen molar-refractivity contribution in [1.29, 1.82) is 0 Å². The van der Waals surface area contributed by atoms with Crippen molar-refractivity contribution < 1.29 is 4.79 Å². The molecule has 1 N–H and O–H groups in total. The molecule has 2 fully saturated rings. The monoisotopic (exact) mass is 264 g/mol. The maximum atomic E-state index is 12.3. The Kier molecular flexibility index (Phi) is 3.05. The van der Waals surface area contributed by atoms with Gasteiger partial charge in [-0.2, -0.15) is 0 Å². The van der Waals surface area contributed by atoms with E-state index in [1.807, 2.05) is 29.4 Å². The maximum Gasteiger partial charge on any atom is 0.326 e. The number of nitrogens with zero attached hydrogens (tertiary/aromatic N) is 3. The largest absolute Gasteiger partial charge is 0.326 e. The van der Waals surface area contributed by atoms with Crippen molar-refractivity contribution >= 4 is 28.6 Å². The van der Waals surface area contributed by atoms with E-state index in [4.69, 9.17) is 0 Å². The molecule has 1 atom stereocenters. The standard InChI is InChI=1S/C12H16N4OS/c1-2-3-9-8-18-11(14-9)16-7-10-6-13-4-5-15(10)12(16)17/h2-3,8,10,13H,4-7H2,1H3/b3-2+. The lowest BCUT2D eigenvalue weighted by atomic mass is 10.2. The van der Waals surface area contributed by atoms with Crippen LogP contribution in [-0.2, 0) is 0 Å². The highest BCUT2D eigenvalue weighted by atomic mass is 32.1. The molecule has 2 aliphatic heterocycles. The predicted molar refractivity (Wildman–Crippen MR) is 72.9 cm³/mol. The third-order valence-corrected chi connectivity index (χ3v) is 4.18. The van der Waals surface area contributed by atoms with Crippen LogP contribution >= 0.6 is 11.3 Å². The van der Waals surface area contributed by atoms with Crippen molar-refractivity contribution in [3.05, 3.63) is 17.2 Å². The van der Waals surface area contributed by atoms with Crippen molar-refractivity contribution in [2.75, 3.05) is 31.1 Å². The average molecular weight is 264 g/mol. The van der Waals surface area contributed by atoms with Crippen LogP contribution in [-0.4, -0.2) is 48.1 Å². The van der Waals surface area contributed by atoms with Gasteiger partial charge in [-0.05, 0) is 13.0 Å². The van der Waals surface area contributed by atoms with Crippen LogP contribution in [0.2, 0.25) is 0 Å². The molecule has 0 aliphatic carbocycles. The predicted octanol–water partition coefficient (Wildman–Crippen LogP) is 1.39. The minimum absolute atomic E-state index is 0.0999. The van der Waals surface area contributed by atoms with E-state index in [0.717, 1.165) is 37.0 Å². The molecule has 0 saturated carbocycles. The van der Waals surface area contributed by atoms with Crippen LogP contribution in [0, 0.1) is 0 Å². The first-order valence-corrected chi connectivity index (χ1v) is 7.04. The Bertz CT molecular complexity index is 484. The summed E-state index contributed by atoms with van der Waals surface area (Å²) < 4.78 is 0. The summed E-state index contributed by atoms with van der Waals surface area (Å²) in [7, 11) is 0. The summed E-state index contributed by atoms with van der Waals surface area (Å²) in [6, 6.07) is 0.392. The molecule has 1 aromatic rings.